The highest BCUT2D eigenvalue weighted by atomic mass is 35.5. The van der Waals surface area contributed by atoms with Crippen molar-refractivity contribution in [3.8, 4) is 23.8 Å². The molecule has 164 valence electrons. The van der Waals surface area contributed by atoms with E-state index in [4.69, 9.17) is 39.1 Å². The van der Waals surface area contributed by atoms with E-state index in [1.54, 1.807) is 19.2 Å². The molecule has 1 unspecified atom stereocenters. The van der Waals surface area contributed by atoms with Gasteiger partial charge in [-0.25, -0.2) is 0 Å². The van der Waals surface area contributed by atoms with Crippen LogP contribution in [-0.2, 0) is 4.79 Å². The molecule has 31 heavy (non-hydrogen) atoms. The molecular formula is C24H25Cl2NO4. The van der Waals surface area contributed by atoms with Crippen LogP contribution in [0.15, 0.2) is 36.4 Å². The lowest BCUT2D eigenvalue weighted by Crippen LogP contribution is -2.43. The summed E-state index contributed by atoms with van der Waals surface area (Å²) in [4.78, 5) is 12.8. The van der Waals surface area contributed by atoms with Crippen LogP contribution in [0, 0.1) is 12.3 Å². The Morgan fingerprint density at radius 3 is 2.68 bits per heavy atom. The molecule has 5 nitrogen and oxygen atoms in total. The van der Waals surface area contributed by atoms with E-state index >= 15 is 0 Å². The zero-order chi connectivity index (χ0) is 22.4. The largest absolute Gasteiger partial charge is 0.493 e. The topological polar surface area (TPSA) is 67.8 Å². The van der Waals surface area contributed by atoms with Gasteiger partial charge in [0.2, 0.25) is 0 Å². The monoisotopic (exact) mass is 461 g/mol. The van der Waals surface area contributed by atoms with Gasteiger partial charge < -0.3 is 19.9 Å². The van der Waals surface area contributed by atoms with Gasteiger partial charge >= 0.3 is 0 Å². The quantitative estimate of drug-likeness (QED) is 0.575. The molecule has 1 aliphatic rings. The molecule has 1 saturated carbocycles. The van der Waals surface area contributed by atoms with Gasteiger partial charge in [0.05, 0.1) is 17.2 Å². The number of carbonyl (C=O) groups excluding carboxylic acids is 1. The maximum Gasteiger partial charge on any atom is 0.253 e. The summed E-state index contributed by atoms with van der Waals surface area (Å²) in [5, 5.41) is 14.2. The van der Waals surface area contributed by atoms with Crippen LogP contribution < -0.4 is 14.8 Å². The number of carbonyl (C=O) groups is 1. The van der Waals surface area contributed by atoms with E-state index in [9.17, 15) is 9.90 Å². The Kier molecular flexibility index (Phi) is 8.09. The number of amides is 1. The molecule has 2 N–H and O–H groups in total. The first kappa shape index (κ1) is 23.3. The normalized spacial score (nSPS) is 19.2. The second-order valence-corrected chi connectivity index (χ2v) is 8.30. The molecule has 1 fully saturated rings. The molecule has 0 spiro atoms. The first-order valence-corrected chi connectivity index (χ1v) is 10.9. The first-order chi connectivity index (χ1) is 14.9. The number of halogens is 2. The third-order valence-corrected chi connectivity index (χ3v) is 6.27. The van der Waals surface area contributed by atoms with Gasteiger partial charge in [-0.3, -0.25) is 4.79 Å². The number of benzene rings is 2. The molecule has 0 bridgehead atoms. The Bertz CT molecular complexity index is 973. The Labute approximate surface area is 192 Å². The molecular weight excluding hydrogens is 437 g/mol. The van der Waals surface area contributed by atoms with E-state index < -0.39 is 12.0 Å². The molecule has 0 aromatic heterocycles. The minimum absolute atomic E-state index is 0.0919. The molecule has 1 aliphatic carbocycles. The van der Waals surface area contributed by atoms with Crippen LogP contribution in [-0.4, -0.2) is 30.8 Å². The van der Waals surface area contributed by atoms with Gasteiger partial charge in [0.25, 0.3) is 5.91 Å². The highest BCUT2D eigenvalue weighted by Gasteiger charge is 2.30. The van der Waals surface area contributed by atoms with Crippen LogP contribution in [0.1, 0.15) is 48.8 Å². The van der Waals surface area contributed by atoms with Gasteiger partial charge in [0.1, 0.15) is 6.61 Å². The van der Waals surface area contributed by atoms with Crippen LogP contribution in [0.3, 0.4) is 0 Å². The Morgan fingerprint density at radius 2 is 1.97 bits per heavy atom. The maximum atomic E-state index is 12.8. The van der Waals surface area contributed by atoms with Crippen molar-refractivity contribution >= 4 is 29.1 Å². The molecule has 0 heterocycles. The molecule has 0 saturated heterocycles. The minimum Gasteiger partial charge on any atom is -0.493 e. The number of nitrogens with one attached hydrogen (secondary N) is 1. The molecule has 2 aromatic carbocycles. The first-order valence-electron chi connectivity index (χ1n) is 10.1. The molecule has 0 aliphatic heterocycles. The summed E-state index contributed by atoms with van der Waals surface area (Å²) in [6, 6.07) is 10.3. The number of hydrogen-bond acceptors (Lipinski definition) is 4. The molecule has 0 radical (unpaired) electrons. The van der Waals surface area contributed by atoms with Gasteiger partial charge in [-0.05, 0) is 48.2 Å². The van der Waals surface area contributed by atoms with Crippen molar-refractivity contribution in [2.75, 3.05) is 13.7 Å². The van der Waals surface area contributed by atoms with Crippen molar-refractivity contribution in [3.63, 3.8) is 0 Å². The van der Waals surface area contributed by atoms with Gasteiger partial charge in [0, 0.05) is 12.0 Å². The van der Waals surface area contributed by atoms with E-state index in [1.807, 2.05) is 18.2 Å². The number of aliphatic hydroxyl groups is 1. The van der Waals surface area contributed by atoms with E-state index in [1.165, 1.54) is 6.07 Å². The summed E-state index contributed by atoms with van der Waals surface area (Å²) in [7, 11) is 1.58. The van der Waals surface area contributed by atoms with Crippen LogP contribution >= 0.6 is 23.2 Å². The summed E-state index contributed by atoms with van der Waals surface area (Å²) in [5.74, 6) is 3.25. The molecule has 3 atom stereocenters. The Hall–Kier alpha value is -2.39. The summed E-state index contributed by atoms with van der Waals surface area (Å²) < 4.78 is 11.0. The van der Waals surface area contributed by atoms with E-state index in [0.29, 0.717) is 27.1 Å². The molecule has 7 heteroatoms. The standard InChI is InChI=1S/C24H25Cl2NO4/c1-3-12-31-21-11-9-15(14-22(21)30-2)17-6-4-5-7-20(17)27-24(29)23(28)16-8-10-18(25)19(26)13-16/h1,8-11,13-14,17,20,23,28H,4-7,12H2,2H3,(H,27,29)/t17-,20+,23?/m1/s1. The molecule has 1 amide bonds. The third kappa shape index (κ3) is 5.65. The fourth-order valence-corrected chi connectivity index (χ4v) is 4.26. The number of hydrogen-bond donors (Lipinski definition) is 2. The lowest BCUT2D eigenvalue weighted by molar-refractivity contribution is -0.130. The van der Waals surface area contributed by atoms with E-state index in [0.717, 1.165) is 31.2 Å². The summed E-state index contributed by atoms with van der Waals surface area (Å²) >= 11 is 12.0. The highest BCUT2D eigenvalue weighted by molar-refractivity contribution is 6.42. The number of aliphatic hydroxyl groups excluding tert-OH is 1. The SMILES string of the molecule is C#CCOc1ccc([C@H]2CCCC[C@@H]2NC(=O)C(O)c2ccc(Cl)c(Cl)c2)cc1OC. The molecule has 3 rings (SSSR count). The Morgan fingerprint density at radius 1 is 1.19 bits per heavy atom. The summed E-state index contributed by atoms with van der Waals surface area (Å²) in [5.41, 5.74) is 1.44. The number of ether oxygens (including phenoxy) is 2. The Balaban J connectivity index is 1.76. The van der Waals surface area contributed by atoms with Gasteiger partial charge in [-0.2, -0.15) is 0 Å². The van der Waals surface area contributed by atoms with E-state index in [-0.39, 0.29) is 18.6 Å². The van der Waals surface area contributed by atoms with Gasteiger partial charge in [0.15, 0.2) is 17.6 Å². The maximum absolute atomic E-state index is 12.8. The van der Waals surface area contributed by atoms with Crippen molar-refractivity contribution in [1.29, 1.82) is 0 Å². The zero-order valence-electron chi connectivity index (χ0n) is 17.2. The zero-order valence-corrected chi connectivity index (χ0v) is 18.7. The van der Waals surface area contributed by atoms with E-state index in [2.05, 4.69) is 11.2 Å². The van der Waals surface area contributed by atoms with Crippen molar-refractivity contribution < 1.29 is 19.4 Å². The fraction of sp³-hybridized carbons (Fsp3) is 0.375. The third-order valence-electron chi connectivity index (χ3n) is 5.53. The predicted octanol–water partition coefficient (Wildman–Crippen LogP) is 4.89. The lowest BCUT2D eigenvalue weighted by Gasteiger charge is -2.33. The lowest BCUT2D eigenvalue weighted by atomic mass is 9.79. The fourth-order valence-electron chi connectivity index (χ4n) is 3.95. The second kappa shape index (κ2) is 10.8. The summed E-state index contributed by atoms with van der Waals surface area (Å²) in [6.07, 6.45) is 7.75. The number of methoxy groups -OCH3 is 1. The number of rotatable bonds is 7. The van der Waals surface area contributed by atoms with Crippen molar-refractivity contribution in [2.45, 2.75) is 43.7 Å². The highest BCUT2D eigenvalue weighted by Crippen LogP contribution is 2.38. The number of terminal acetylenes is 1. The van der Waals surface area contributed by atoms with Crippen molar-refractivity contribution in [3.05, 3.63) is 57.6 Å². The predicted molar refractivity (Wildman–Crippen MR) is 122 cm³/mol. The smallest absolute Gasteiger partial charge is 0.253 e. The molecule has 2 aromatic rings. The minimum atomic E-state index is -1.33. The average molecular weight is 462 g/mol. The average Bonchev–Trinajstić information content (AvgIpc) is 2.79. The summed E-state index contributed by atoms with van der Waals surface area (Å²) in [6.45, 7) is 0.157. The van der Waals surface area contributed by atoms with Crippen LogP contribution in [0.2, 0.25) is 10.0 Å². The van der Waals surface area contributed by atoms with Crippen molar-refractivity contribution in [1.82, 2.24) is 5.32 Å². The van der Waals surface area contributed by atoms with Crippen molar-refractivity contribution in [2.24, 2.45) is 0 Å². The second-order valence-electron chi connectivity index (χ2n) is 7.49. The van der Waals surface area contributed by atoms with Crippen LogP contribution in [0.5, 0.6) is 11.5 Å². The van der Waals surface area contributed by atoms with Gasteiger partial charge in [-0.1, -0.05) is 54.1 Å². The van der Waals surface area contributed by atoms with Crippen LogP contribution in [0.25, 0.3) is 0 Å². The van der Waals surface area contributed by atoms with Crippen LogP contribution in [0.4, 0.5) is 0 Å². The van der Waals surface area contributed by atoms with Gasteiger partial charge in [-0.15, -0.1) is 6.42 Å².